The van der Waals surface area contributed by atoms with Crippen molar-refractivity contribution in [2.24, 2.45) is 0 Å². The van der Waals surface area contributed by atoms with Gasteiger partial charge in [0.05, 0.1) is 28.0 Å². The van der Waals surface area contributed by atoms with Crippen LogP contribution in [0.5, 0.6) is 0 Å². The third-order valence-corrected chi connectivity index (χ3v) is 5.59. The van der Waals surface area contributed by atoms with Crippen molar-refractivity contribution < 1.29 is 4.42 Å². The summed E-state index contributed by atoms with van der Waals surface area (Å²) in [6.07, 6.45) is 5.73. The highest BCUT2D eigenvalue weighted by molar-refractivity contribution is 6.35. The van der Waals surface area contributed by atoms with Gasteiger partial charge < -0.3 is 14.7 Å². The first kappa shape index (κ1) is 19.9. The molecular formula is C22H18Cl2N6O. The summed E-state index contributed by atoms with van der Waals surface area (Å²) in [5.41, 5.74) is 3.74. The second-order valence-electron chi connectivity index (χ2n) is 7.37. The molecule has 7 nitrogen and oxygen atoms in total. The van der Waals surface area contributed by atoms with Crippen LogP contribution in [0.2, 0.25) is 10.0 Å². The Morgan fingerprint density at radius 2 is 1.97 bits per heavy atom. The number of benzene rings is 1. The number of rotatable bonds is 6. The van der Waals surface area contributed by atoms with Gasteiger partial charge in [0.25, 0.3) is 0 Å². The fourth-order valence-electron chi connectivity index (χ4n) is 3.42. The van der Waals surface area contributed by atoms with Crippen molar-refractivity contribution in [2.45, 2.75) is 25.9 Å². The van der Waals surface area contributed by atoms with Gasteiger partial charge in [0, 0.05) is 35.9 Å². The Kier molecular flexibility index (Phi) is 5.31. The minimum absolute atomic E-state index is 0.113. The molecule has 0 saturated heterocycles. The Balaban J connectivity index is 1.25. The molecule has 0 aliphatic rings. The first-order chi connectivity index (χ1) is 15.0. The van der Waals surface area contributed by atoms with Crippen LogP contribution in [0.15, 0.2) is 53.3 Å². The average molecular weight is 453 g/mol. The van der Waals surface area contributed by atoms with Gasteiger partial charge in [-0.1, -0.05) is 29.3 Å². The lowest BCUT2D eigenvalue weighted by Gasteiger charge is -2.09. The van der Waals surface area contributed by atoms with Crippen molar-refractivity contribution in [1.82, 2.24) is 30.5 Å². The van der Waals surface area contributed by atoms with Crippen LogP contribution >= 0.6 is 23.2 Å². The van der Waals surface area contributed by atoms with E-state index in [0.29, 0.717) is 34.8 Å². The number of aromatic amines is 1. The number of aromatic nitrogens is 5. The van der Waals surface area contributed by atoms with Crippen LogP contribution in [0.25, 0.3) is 21.9 Å². The summed E-state index contributed by atoms with van der Waals surface area (Å²) < 4.78 is 5.88. The molecule has 2 N–H and O–H groups in total. The van der Waals surface area contributed by atoms with Crippen LogP contribution in [0.1, 0.15) is 35.9 Å². The Hall–Kier alpha value is -3.00. The van der Waals surface area contributed by atoms with Crippen molar-refractivity contribution in [3.8, 4) is 0 Å². The maximum atomic E-state index is 6.18. The summed E-state index contributed by atoms with van der Waals surface area (Å²) in [5.74, 6) is 1.09. The van der Waals surface area contributed by atoms with Crippen LogP contribution in [0, 0.1) is 0 Å². The molecule has 0 aliphatic heterocycles. The van der Waals surface area contributed by atoms with Crippen molar-refractivity contribution in [3.63, 3.8) is 0 Å². The van der Waals surface area contributed by atoms with E-state index in [1.54, 1.807) is 12.4 Å². The normalized spacial score (nSPS) is 12.6. The van der Waals surface area contributed by atoms with Crippen LogP contribution in [-0.2, 0) is 13.0 Å². The van der Waals surface area contributed by atoms with Gasteiger partial charge in [-0.2, -0.15) is 0 Å². The fourth-order valence-corrected chi connectivity index (χ4v) is 3.79. The van der Waals surface area contributed by atoms with Crippen molar-refractivity contribution in [1.29, 1.82) is 0 Å². The van der Waals surface area contributed by atoms with Crippen LogP contribution in [0.4, 0.5) is 0 Å². The summed E-state index contributed by atoms with van der Waals surface area (Å²) in [6, 6.07) is 9.80. The molecule has 1 atom stereocenters. The van der Waals surface area contributed by atoms with Crippen LogP contribution in [-0.4, -0.2) is 25.1 Å². The summed E-state index contributed by atoms with van der Waals surface area (Å²) in [4.78, 5) is 11.7. The number of nitrogens with one attached hydrogen (secondary N) is 2. The average Bonchev–Trinajstić information content (AvgIpc) is 3.38. The lowest BCUT2D eigenvalue weighted by atomic mass is 10.1. The summed E-state index contributed by atoms with van der Waals surface area (Å²) >= 11 is 12.2. The molecule has 0 aliphatic carbocycles. The van der Waals surface area contributed by atoms with E-state index in [0.717, 1.165) is 33.1 Å². The molecule has 4 aromatic heterocycles. The molecule has 9 heteroatoms. The Labute approximate surface area is 187 Å². The predicted molar refractivity (Wildman–Crippen MR) is 120 cm³/mol. The van der Waals surface area contributed by atoms with Gasteiger partial charge in [0.2, 0.25) is 11.8 Å². The smallest absolute Gasteiger partial charge is 0.233 e. The van der Waals surface area contributed by atoms with Gasteiger partial charge in [-0.25, -0.2) is 4.98 Å². The van der Waals surface area contributed by atoms with Gasteiger partial charge in [-0.3, -0.25) is 4.98 Å². The highest BCUT2D eigenvalue weighted by Gasteiger charge is 2.15. The molecule has 0 saturated carbocycles. The lowest BCUT2D eigenvalue weighted by Crippen LogP contribution is -2.18. The predicted octanol–water partition coefficient (Wildman–Crippen LogP) is 5.24. The second-order valence-corrected chi connectivity index (χ2v) is 8.21. The third kappa shape index (κ3) is 4.25. The summed E-state index contributed by atoms with van der Waals surface area (Å²) in [5, 5.41) is 14.9. The lowest BCUT2D eigenvalue weighted by molar-refractivity contribution is 0.396. The SMILES string of the molecule is CC(NCc1cnc2[nH]cc(Cl)c2c1)c1nnc(Cc2ccc3ncc(Cl)cc3c2)o1. The zero-order valence-corrected chi connectivity index (χ0v) is 18.1. The monoisotopic (exact) mass is 452 g/mol. The molecule has 5 aromatic rings. The maximum absolute atomic E-state index is 6.18. The molecule has 31 heavy (non-hydrogen) atoms. The Bertz CT molecular complexity index is 1380. The number of nitrogens with zero attached hydrogens (tertiary/aromatic N) is 4. The van der Waals surface area contributed by atoms with Crippen LogP contribution < -0.4 is 5.32 Å². The zero-order chi connectivity index (χ0) is 21.4. The topological polar surface area (TPSA) is 92.5 Å². The largest absolute Gasteiger partial charge is 0.423 e. The van der Waals surface area contributed by atoms with Gasteiger partial charge >= 0.3 is 0 Å². The molecule has 0 fully saturated rings. The molecule has 4 heterocycles. The molecule has 0 bridgehead atoms. The number of halogens is 2. The minimum Gasteiger partial charge on any atom is -0.423 e. The van der Waals surface area contributed by atoms with E-state index in [1.807, 2.05) is 43.5 Å². The standard InChI is InChI=1S/C22H18Cl2N6O/c1-12(25-8-14-5-17-18(24)11-28-21(17)27-9-14)22-30-29-20(31-22)6-13-2-3-19-15(4-13)7-16(23)10-26-19/h2-5,7,9-12,25H,6,8H2,1H3,(H,27,28). The number of fused-ring (bicyclic) bond motifs is 2. The molecular weight excluding hydrogens is 435 g/mol. The quantitative estimate of drug-likeness (QED) is 0.365. The first-order valence-corrected chi connectivity index (χ1v) is 10.5. The van der Waals surface area contributed by atoms with E-state index >= 15 is 0 Å². The van der Waals surface area contributed by atoms with E-state index in [2.05, 4.69) is 30.5 Å². The van der Waals surface area contributed by atoms with E-state index < -0.39 is 0 Å². The summed E-state index contributed by atoms with van der Waals surface area (Å²) in [7, 11) is 0. The molecule has 5 rings (SSSR count). The molecule has 156 valence electrons. The molecule has 1 unspecified atom stereocenters. The number of hydrogen-bond acceptors (Lipinski definition) is 6. The van der Waals surface area contributed by atoms with Gasteiger partial charge in [0.1, 0.15) is 5.65 Å². The summed E-state index contributed by atoms with van der Waals surface area (Å²) in [6.45, 7) is 2.58. The number of pyridine rings is 2. The van der Waals surface area contributed by atoms with E-state index in [4.69, 9.17) is 27.6 Å². The van der Waals surface area contributed by atoms with E-state index in [-0.39, 0.29) is 6.04 Å². The Morgan fingerprint density at radius 3 is 2.87 bits per heavy atom. The molecule has 0 amide bonds. The molecule has 0 radical (unpaired) electrons. The maximum Gasteiger partial charge on any atom is 0.233 e. The van der Waals surface area contributed by atoms with Gasteiger partial charge in [0.15, 0.2) is 0 Å². The number of H-pyrrole nitrogens is 1. The van der Waals surface area contributed by atoms with Crippen LogP contribution in [0.3, 0.4) is 0 Å². The van der Waals surface area contributed by atoms with Crippen molar-refractivity contribution in [3.05, 3.63) is 81.9 Å². The van der Waals surface area contributed by atoms with Crippen molar-refractivity contribution >= 4 is 45.1 Å². The van der Waals surface area contributed by atoms with Gasteiger partial charge in [-0.05, 0) is 42.3 Å². The first-order valence-electron chi connectivity index (χ1n) is 9.76. The highest BCUT2D eigenvalue weighted by atomic mass is 35.5. The van der Waals surface area contributed by atoms with Crippen molar-refractivity contribution in [2.75, 3.05) is 0 Å². The Morgan fingerprint density at radius 1 is 1.06 bits per heavy atom. The fraction of sp³-hybridized carbons (Fsp3) is 0.182. The number of hydrogen-bond donors (Lipinski definition) is 2. The van der Waals surface area contributed by atoms with E-state index in [1.165, 1.54) is 0 Å². The zero-order valence-electron chi connectivity index (χ0n) is 16.6. The molecule has 1 aromatic carbocycles. The van der Waals surface area contributed by atoms with Gasteiger partial charge in [-0.15, -0.1) is 10.2 Å². The third-order valence-electron chi connectivity index (χ3n) is 5.07. The second kappa shape index (κ2) is 8.26. The van der Waals surface area contributed by atoms with E-state index in [9.17, 15) is 0 Å². The molecule has 0 spiro atoms. The highest BCUT2D eigenvalue weighted by Crippen LogP contribution is 2.23. The minimum atomic E-state index is -0.113.